The summed E-state index contributed by atoms with van der Waals surface area (Å²) in [5.74, 6) is 0.732. The van der Waals surface area contributed by atoms with Crippen LogP contribution in [0.4, 0.5) is 0 Å². The number of fused-ring (bicyclic) bond motifs is 1. The molecule has 0 unspecified atom stereocenters. The summed E-state index contributed by atoms with van der Waals surface area (Å²) in [6.07, 6.45) is 6.15. The molecule has 18 heavy (non-hydrogen) atoms. The molecular weight excluding hydrogens is 226 g/mol. The van der Waals surface area contributed by atoms with Gasteiger partial charge >= 0.3 is 0 Å². The molecule has 3 rings (SSSR count). The summed E-state index contributed by atoms with van der Waals surface area (Å²) in [6, 6.07) is 9.61. The highest BCUT2D eigenvalue weighted by atomic mass is 16.1. The third-order valence-electron chi connectivity index (χ3n) is 2.88. The van der Waals surface area contributed by atoms with E-state index in [9.17, 15) is 4.79 Å². The summed E-state index contributed by atoms with van der Waals surface area (Å²) >= 11 is 0. The first-order chi connectivity index (χ1) is 8.88. The summed E-state index contributed by atoms with van der Waals surface area (Å²) < 4.78 is 1.99. The van der Waals surface area contributed by atoms with Crippen molar-refractivity contribution in [2.45, 2.75) is 6.54 Å². The van der Waals surface area contributed by atoms with Crippen molar-refractivity contribution in [3.05, 3.63) is 60.3 Å². The highest BCUT2D eigenvalue weighted by Gasteiger charge is 2.08. The maximum absolute atomic E-state index is 11.0. The highest BCUT2D eigenvalue weighted by Crippen LogP contribution is 2.20. The average Bonchev–Trinajstić information content (AvgIpc) is 2.78. The van der Waals surface area contributed by atoms with Crippen molar-refractivity contribution < 1.29 is 4.79 Å². The molecule has 0 atom stereocenters. The van der Waals surface area contributed by atoms with Crippen molar-refractivity contribution in [1.29, 1.82) is 0 Å². The van der Waals surface area contributed by atoms with Gasteiger partial charge in [0.15, 0.2) is 6.29 Å². The molecule has 88 valence electrons. The van der Waals surface area contributed by atoms with Crippen LogP contribution in [0.5, 0.6) is 0 Å². The van der Waals surface area contributed by atoms with Crippen LogP contribution in [0.1, 0.15) is 16.2 Å². The largest absolute Gasteiger partial charge is 0.339 e. The fraction of sp³-hybridized carbons (Fsp3) is 0.0714. The molecule has 3 aromatic rings. The fourth-order valence-electron chi connectivity index (χ4n) is 2.06. The van der Waals surface area contributed by atoms with Gasteiger partial charge in [0, 0.05) is 35.1 Å². The van der Waals surface area contributed by atoms with Crippen molar-refractivity contribution in [3.8, 4) is 0 Å². The average molecular weight is 237 g/mol. The Balaban J connectivity index is 2.10. The van der Waals surface area contributed by atoms with E-state index >= 15 is 0 Å². The first-order valence-electron chi connectivity index (χ1n) is 5.67. The second-order valence-corrected chi connectivity index (χ2v) is 4.01. The quantitative estimate of drug-likeness (QED) is 0.657. The number of nitrogens with zero attached hydrogens (tertiary/aromatic N) is 3. The number of aromatic nitrogens is 3. The van der Waals surface area contributed by atoms with Crippen molar-refractivity contribution in [2.24, 2.45) is 0 Å². The van der Waals surface area contributed by atoms with Gasteiger partial charge in [0.25, 0.3) is 0 Å². The van der Waals surface area contributed by atoms with E-state index in [-0.39, 0.29) is 0 Å². The van der Waals surface area contributed by atoms with E-state index in [1.165, 1.54) is 0 Å². The van der Waals surface area contributed by atoms with Gasteiger partial charge in [-0.05, 0) is 12.1 Å². The van der Waals surface area contributed by atoms with Crippen LogP contribution >= 0.6 is 0 Å². The molecule has 4 heteroatoms. The first-order valence-corrected chi connectivity index (χ1v) is 5.67. The van der Waals surface area contributed by atoms with Crippen LogP contribution in [-0.2, 0) is 6.54 Å². The smallest absolute Gasteiger partial charge is 0.152 e. The Kier molecular flexibility index (Phi) is 2.61. The first kappa shape index (κ1) is 10.7. The Morgan fingerprint density at radius 1 is 1.11 bits per heavy atom. The zero-order chi connectivity index (χ0) is 12.4. The number of aldehydes is 1. The van der Waals surface area contributed by atoms with Crippen molar-refractivity contribution in [1.82, 2.24) is 14.5 Å². The summed E-state index contributed by atoms with van der Waals surface area (Å²) in [5.41, 5.74) is 1.72. The van der Waals surface area contributed by atoms with Crippen molar-refractivity contribution in [2.75, 3.05) is 0 Å². The van der Waals surface area contributed by atoms with Gasteiger partial charge in [-0.25, -0.2) is 9.97 Å². The lowest BCUT2D eigenvalue weighted by Crippen LogP contribution is -2.02. The van der Waals surface area contributed by atoms with Crippen LogP contribution in [0.25, 0.3) is 10.9 Å². The number of hydrogen-bond acceptors (Lipinski definition) is 3. The molecule has 0 N–H and O–H groups in total. The van der Waals surface area contributed by atoms with E-state index in [1.54, 1.807) is 18.5 Å². The Morgan fingerprint density at radius 2 is 1.89 bits per heavy atom. The maximum Gasteiger partial charge on any atom is 0.152 e. The van der Waals surface area contributed by atoms with Crippen molar-refractivity contribution >= 4 is 17.2 Å². The molecule has 1 aromatic carbocycles. The third-order valence-corrected chi connectivity index (χ3v) is 2.88. The van der Waals surface area contributed by atoms with Crippen LogP contribution in [-0.4, -0.2) is 20.8 Å². The van der Waals surface area contributed by atoms with E-state index < -0.39 is 0 Å². The zero-order valence-corrected chi connectivity index (χ0v) is 9.65. The zero-order valence-electron chi connectivity index (χ0n) is 9.65. The lowest BCUT2D eigenvalue weighted by Gasteiger charge is -2.03. The van der Waals surface area contributed by atoms with Gasteiger partial charge in [0.2, 0.25) is 0 Å². The summed E-state index contributed by atoms with van der Waals surface area (Å²) in [7, 11) is 0. The van der Waals surface area contributed by atoms with Crippen LogP contribution in [0.3, 0.4) is 0 Å². The minimum atomic E-state index is 0.565. The second kappa shape index (κ2) is 4.41. The van der Waals surface area contributed by atoms with E-state index in [2.05, 4.69) is 9.97 Å². The van der Waals surface area contributed by atoms with Crippen molar-refractivity contribution in [3.63, 3.8) is 0 Å². The third kappa shape index (κ3) is 1.78. The molecule has 0 aliphatic heterocycles. The summed E-state index contributed by atoms with van der Waals surface area (Å²) in [5, 5.41) is 0.962. The number of para-hydroxylation sites is 1. The lowest BCUT2D eigenvalue weighted by molar-refractivity contribution is 0.112. The SMILES string of the molecule is O=Cc1cn(Cc2ncccn2)c2ccccc12. The van der Waals surface area contributed by atoms with E-state index in [4.69, 9.17) is 0 Å². The minimum absolute atomic E-state index is 0.565. The van der Waals surface area contributed by atoms with Crippen LogP contribution in [0, 0.1) is 0 Å². The van der Waals surface area contributed by atoms with E-state index in [0.29, 0.717) is 12.1 Å². The molecule has 0 bridgehead atoms. The van der Waals surface area contributed by atoms with Gasteiger partial charge in [0.1, 0.15) is 5.82 Å². The fourth-order valence-corrected chi connectivity index (χ4v) is 2.06. The Labute approximate surface area is 104 Å². The van der Waals surface area contributed by atoms with Gasteiger partial charge < -0.3 is 4.57 Å². The standard InChI is InChI=1S/C14H11N3O/c18-10-11-8-17(9-14-15-6-3-7-16-14)13-5-2-1-4-12(11)13/h1-8,10H,9H2. The van der Waals surface area contributed by atoms with E-state index in [0.717, 1.165) is 23.0 Å². The van der Waals surface area contributed by atoms with Gasteiger partial charge in [-0.15, -0.1) is 0 Å². The summed E-state index contributed by atoms with van der Waals surface area (Å²) in [6.45, 7) is 0.565. The molecule has 0 aliphatic rings. The second-order valence-electron chi connectivity index (χ2n) is 4.01. The number of benzene rings is 1. The molecule has 0 aliphatic carbocycles. The minimum Gasteiger partial charge on any atom is -0.339 e. The molecule has 2 aromatic heterocycles. The molecule has 0 amide bonds. The summed E-state index contributed by atoms with van der Waals surface area (Å²) in [4.78, 5) is 19.4. The number of hydrogen-bond donors (Lipinski definition) is 0. The van der Waals surface area contributed by atoms with Crippen LogP contribution in [0.15, 0.2) is 48.9 Å². The number of carbonyl (C=O) groups excluding carboxylic acids is 1. The predicted octanol–water partition coefficient (Wildman–Crippen LogP) is 2.29. The van der Waals surface area contributed by atoms with Crippen LogP contribution < -0.4 is 0 Å². The Hall–Kier alpha value is -2.49. The predicted molar refractivity (Wildman–Crippen MR) is 68.5 cm³/mol. The van der Waals surface area contributed by atoms with Gasteiger partial charge in [-0.3, -0.25) is 4.79 Å². The molecule has 0 spiro atoms. The Bertz CT molecular complexity index is 689. The van der Waals surface area contributed by atoms with Gasteiger partial charge in [-0.2, -0.15) is 0 Å². The van der Waals surface area contributed by atoms with Crippen LogP contribution in [0.2, 0.25) is 0 Å². The van der Waals surface area contributed by atoms with Gasteiger partial charge in [0.05, 0.1) is 6.54 Å². The maximum atomic E-state index is 11.0. The monoisotopic (exact) mass is 237 g/mol. The molecule has 4 nitrogen and oxygen atoms in total. The topological polar surface area (TPSA) is 47.8 Å². The van der Waals surface area contributed by atoms with Gasteiger partial charge in [-0.1, -0.05) is 18.2 Å². The molecule has 0 saturated heterocycles. The molecule has 2 heterocycles. The van der Waals surface area contributed by atoms with E-state index in [1.807, 2.05) is 35.0 Å². The normalized spacial score (nSPS) is 10.7. The number of carbonyl (C=O) groups is 1. The molecule has 0 saturated carbocycles. The molecular formula is C14H11N3O. The Morgan fingerprint density at radius 3 is 2.67 bits per heavy atom. The highest BCUT2D eigenvalue weighted by molar-refractivity contribution is 5.97. The molecule has 0 fully saturated rings. The number of rotatable bonds is 3. The molecule has 0 radical (unpaired) electrons. The lowest BCUT2D eigenvalue weighted by atomic mass is 10.2.